The van der Waals surface area contributed by atoms with Gasteiger partial charge in [0.15, 0.2) is 0 Å². The predicted molar refractivity (Wildman–Crippen MR) is 71.5 cm³/mol. The first-order valence-corrected chi connectivity index (χ1v) is 5.93. The van der Waals surface area contributed by atoms with Crippen molar-refractivity contribution in [3.63, 3.8) is 0 Å². The molecule has 0 amide bonds. The van der Waals surface area contributed by atoms with E-state index in [4.69, 9.17) is 0 Å². The molecule has 0 fully saturated rings. The SMILES string of the molecule is CC(Nc1cccc2nccn12)c1cccnc1. The molecular formula is C14H14N4. The molecule has 0 aliphatic heterocycles. The summed E-state index contributed by atoms with van der Waals surface area (Å²) in [7, 11) is 0. The van der Waals surface area contributed by atoms with Crippen LogP contribution in [0.25, 0.3) is 5.65 Å². The van der Waals surface area contributed by atoms with Crippen molar-refractivity contribution in [2.24, 2.45) is 0 Å². The van der Waals surface area contributed by atoms with E-state index in [2.05, 4.69) is 28.3 Å². The van der Waals surface area contributed by atoms with E-state index < -0.39 is 0 Å². The highest BCUT2D eigenvalue weighted by Gasteiger charge is 2.07. The molecule has 1 unspecified atom stereocenters. The molecule has 0 aliphatic rings. The molecular weight excluding hydrogens is 224 g/mol. The first kappa shape index (κ1) is 10.8. The Balaban J connectivity index is 1.91. The van der Waals surface area contributed by atoms with Crippen LogP contribution in [0, 0.1) is 0 Å². The number of nitrogens with zero attached hydrogens (tertiary/aromatic N) is 3. The van der Waals surface area contributed by atoms with E-state index in [1.54, 1.807) is 12.4 Å². The summed E-state index contributed by atoms with van der Waals surface area (Å²) in [5, 5.41) is 3.47. The van der Waals surface area contributed by atoms with Crippen LogP contribution in [0.3, 0.4) is 0 Å². The lowest BCUT2D eigenvalue weighted by Gasteiger charge is -2.16. The summed E-state index contributed by atoms with van der Waals surface area (Å²) >= 11 is 0. The summed E-state index contributed by atoms with van der Waals surface area (Å²) in [4.78, 5) is 8.41. The molecule has 0 aromatic carbocycles. The van der Waals surface area contributed by atoms with Crippen molar-refractivity contribution in [1.82, 2.24) is 14.4 Å². The zero-order valence-electron chi connectivity index (χ0n) is 10.1. The van der Waals surface area contributed by atoms with Crippen LogP contribution in [-0.2, 0) is 0 Å². The van der Waals surface area contributed by atoms with Crippen LogP contribution in [0.1, 0.15) is 18.5 Å². The molecule has 0 saturated carbocycles. The first-order chi connectivity index (χ1) is 8.84. The van der Waals surface area contributed by atoms with E-state index in [-0.39, 0.29) is 6.04 Å². The number of fused-ring (bicyclic) bond motifs is 1. The highest BCUT2D eigenvalue weighted by atomic mass is 15.1. The van der Waals surface area contributed by atoms with Gasteiger partial charge in [-0.15, -0.1) is 0 Å². The second-order valence-corrected chi connectivity index (χ2v) is 4.22. The molecule has 0 spiro atoms. The summed E-state index contributed by atoms with van der Waals surface area (Å²) in [6.07, 6.45) is 7.42. The number of pyridine rings is 2. The monoisotopic (exact) mass is 238 g/mol. The molecule has 0 saturated heterocycles. The number of hydrogen-bond acceptors (Lipinski definition) is 3. The third-order valence-corrected chi connectivity index (χ3v) is 2.98. The van der Waals surface area contributed by atoms with Crippen molar-refractivity contribution in [2.45, 2.75) is 13.0 Å². The number of rotatable bonds is 3. The largest absolute Gasteiger partial charge is 0.365 e. The van der Waals surface area contributed by atoms with Gasteiger partial charge in [-0.05, 0) is 30.7 Å². The van der Waals surface area contributed by atoms with Crippen LogP contribution < -0.4 is 5.32 Å². The normalized spacial score (nSPS) is 12.5. The van der Waals surface area contributed by atoms with Gasteiger partial charge in [-0.2, -0.15) is 0 Å². The van der Waals surface area contributed by atoms with Gasteiger partial charge in [0.2, 0.25) is 0 Å². The number of imidazole rings is 1. The van der Waals surface area contributed by atoms with Gasteiger partial charge >= 0.3 is 0 Å². The molecule has 0 bridgehead atoms. The fourth-order valence-corrected chi connectivity index (χ4v) is 2.00. The Labute approximate surface area is 105 Å². The smallest absolute Gasteiger partial charge is 0.138 e. The molecule has 1 atom stereocenters. The Kier molecular flexibility index (Phi) is 2.68. The molecule has 3 rings (SSSR count). The Morgan fingerprint density at radius 3 is 2.94 bits per heavy atom. The number of anilines is 1. The average molecular weight is 238 g/mol. The van der Waals surface area contributed by atoms with Crippen LogP contribution in [-0.4, -0.2) is 14.4 Å². The summed E-state index contributed by atoms with van der Waals surface area (Å²) in [5.74, 6) is 1.03. The molecule has 3 aromatic heterocycles. The van der Waals surface area contributed by atoms with Crippen molar-refractivity contribution in [3.8, 4) is 0 Å². The summed E-state index contributed by atoms with van der Waals surface area (Å²) in [6.45, 7) is 2.12. The second kappa shape index (κ2) is 4.49. The van der Waals surface area contributed by atoms with Crippen molar-refractivity contribution in [3.05, 3.63) is 60.7 Å². The molecule has 4 heteroatoms. The quantitative estimate of drug-likeness (QED) is 0.763. The fraction of sp³-hybridized carbons (Fsp3) is 0.143. The molecule has 3 aromatic rings. The molecule has 0 aliphatic carbocycles. The molecule has 3 heterocycles. The van der Waals surface area contributed by atoms with Crippen LogP contribution in [0.4, 0.5) is 5.82 Å². The number of aromatic nitrogens is 3. The standard InChI is InChI=1S/C14H14N4/c1-11(12-4-3-7-15-10-12)17-14-6-2-5-13-16-8-9-18(13)14/h2-11,17H,1H3. The molecule has 90 valence electrons. The van der Waals surface area contributed by atoms with E-state index in [0.29, 0.717) is 0 Å². The Bertz CT molecular complexity index is 645. The lowest BCUT2D eigenvalue weighted by atomic mass is 10.1. The maximum absolute atomic E-state index is 4.27. The van der Waals surface area contributed by atoms with Gasteiger partial charge in [0, 0.05) is 24.8 Å². The molecule has 0 radical (unpaired) electrons. The lowest BCUT2D eigenvalue weighted by molar-refractivity contribution is 0.860. The van der Waals surface area contributed by atoms with Gasteiger partial charge in [-0.25, -0.2) is 4.98 Å². The van der Waals surface area contributed by atoms with Crippen molar-refractivity contribution in [1.29, 1.82) is 0 Å². The van der Waals surface area contributed by atoms with E-state index in [1.807, 2.05) is 41.1 Å². The minimum Gasteiger partial charge on any atom is -0.365 e. The van der Waals surface area contributed by atoms with Crippen LogP contribution in [0.2, 0.25) is 0 Å². The van der Waals surface area contributed by atoms with Crippen LogP contribution in [0.15, 0.2) is 55.1 Å². The van der Waals surface area contributed by atoms with Gasteiger partial charge in [0.25, 0.3) is 0 Å². The zero-order valence-corrected chi connectivity index (χ0v) is 10.1. The highest BCUT2D eigenvalue weighted by Crippen LogP contribution is 2.19. The topological polar surface area (TPSA) is 42.2 Å². The second-order valence-electron chi connectivity index (χ2n) is 4.22. The third-order valence-electron chi connectivity index (χ3n) is 2.98. The van der Waals surface area contributed by atoms with Crippen LogP contribution in [0.5, 0.6) is 0 Å². The van der Waals surface area contributed by atoms with Gasteiger partial charge in [0.05, 0.1) is 6.04 Å². The van der Waals surface area contributed by atoms with Crippen molar-refractivity contribution in [2.75, 3.05) is 5.32 Å². The van der Waals surface area contributed by atoms with Gasteiger partial charge in [0.1, 0.15) is 11.5 Å². The number of hydrogen-bond donors (Lipinski definition) is 1. The van der Waals surface area contributed by atoms with Crippen molar-refractivity contribution < 1.29 is 0 Å². The first-order valence-electron chi connectivity index (χ1n) is 5.93. The minimum absolute atomic E-state index is 0.201. The lowest BCUT2D eigenvalue weighted by Crippen LogP contribution is -2.09. The zero-order chi connectivity index (χ0) is 12.4. The third kappa shape index (κ3) is 1.93. The van der Waals surface area contributed by atoms with E-state index >= 15 is 0 Å². The minimum atomic E-state index is 0.201. The summed E-state index contributed by atoms with van der Waals surface area (Å²) in [6, 6.07) is 10.2. The number of nitrogens with one attached hydrogen (secondary N) is 1. The Morgan fingerprint density at radius 2 is 2.11 bits per heavy atom. The van der Waals surface area contributed by atoms with Gasteiger partial charge in [-0.1, -0.05) is 12.1 Å². The average Bonchev–Trinajstić information content (AvgIpc) is 2.89. The fourth-order valence-electron chi connectivity index (χ4n) is 2.00. The summed E-state index contributed by atoms with van der Waals surface area (Å²) in [5.41, 5.74) is 2.10. The molecule has 4 nitrogen and oxygen atoms in total. The molecule has 1 N–H and O–H groups in total. The van der Waals surface area contributed by atoms with E-state index in [0.717, 1.165) is 17.0 Å². The maximum atomic E-state index is 4.27. The highest BCUT2D eigenvalue weighted by molar-refractivity contribution is 5.50. The van der Waals surface area contributed by atoms with Crippen molar-refractivity contribution >= 4 is 11.5 Å². The van der Waals surface area contributed by atoms with Gasteiger partial charge in [-0.3, -0.25) is 9.38 Å². The molecule has 18 heavy (non-hydrogen) atoms. The maximum Gasteiger partial charge on any atom is 0.138 e. The predicted octanol–water partition coefficient (Wildman–Crippen LogP) is 2.90. The Hall–Kier alpha value is -2.36. The van der Waals surface area contributed by atoms with E-state index in [9.17, 15) is 0 Å². The van der Waals surface area contributed by atoms with Gasteiger partial charge < -0.3 is 5.32 Å². The van der Waals surface area contributed by atoms with Crippen LogP contribution >= 0.6 is 0 Å². The Morgan fingerprint density at radius 1 is 1.17 bits per heavy atom. The summed E-state index contributed by atoms with van der Waals surface area (Å²) < 4.78 is 2.03. The van der Waals surface area contributed by atoms with E-state index in [1.165, 1.54) is 0 Å².